The van der Waals surface area contributed by atoms with Gasteiger partial charge in [0.25, 0.3) is 0 Å². The number of nitrogens with zero attached hydrogens (tertiary/aromatic N) is 1. The molecular formula is C12H21N3O6. The molecule has 6 N–H and O–H groups in total. The summed E-state index contributed by atoms with van der Waals surface area (Å²) in [7, 11) is 0. The van der Waals surface area contributed by atoms with E-state index in [9.17, 15) is 14.4 Å². The van der Waals surface area contributed by atoms with Crippen molar-refractivity contribution in [2.24, 2.45) is 5.73 Å². The number of hydrogen-bond acceptors (Lipinski definition) is 6. The van der Waals surface area contributed by atoms with Gasteiger partial charge in [-0.15, -0.1) is 0 Å². The second kappa shape index (κ2) is 7.91. The van der Waals surface area contributed by atoms with Crippen LogP contribution in [0, 0.1) is 0 Å². The monoisotopic (exact) mass is 303 g/mol. The summed E-state index contributed by atoms with van der Waals surface area (Å²) >= 11 is 0. The molecule has 1 heterocycles. The van der Waals surface area contributed by atoms with E-state index in [0.29, 0.717) is 19.5 Å². The molecule has 21 heavy (non-hydrogen) atoms. The summed E-state index contributed by atoms with van der Waals surface area (Å²) in [6.45, 7) is 1.19. The highest BCUT2D eigenvalue weighted by Crippen LogP contribution is 2.17. The number of hydrogen-bond donors (Lipinski definition) is 5. The molecule has 1 aliphatic rings. The Morgan fingerprint density at radius 3 is 2.29 bits per heavy atom. The summed E-state index contributed by atoms with van der Waals surface area (Å²) in [6.07, 6.45) is 0.954. The Hall–Kier alpha value is -1.71. The van der Waals surface area contributed by atoms with Crippen molar-refractivity contribution < 1.29 is 29.7 Å². The van der Waals surface area contributed by atoms with Gasteiger partial charge in [0, 0.05) is 13.1 Å². The van der Waals surface area contributed by atoms with Gasteiger partial charge in [0.15, 0.2) is 0 Å². The van der Waals surface area contributed by atoms with Gasteiger partial charge < -0.3 is 26.4 Å². The van der Waals surface area contributed by atoms with Gasteiger partial charge in [-0.25, -0.2) is 0 Å². The molecule has 1 unspecified atom stereocenters. The number of likely N-dealkylation sites (tertiary alicyclic amines) is 1. The van der Waals surface area contributed by atoms with E-state index in [4.69, 9.17) is 21.1 Å². The average molecular weight is 303 g/mol. The molecule has 0 aromatic rings. The van der Waals surface area contributed by atoms with E-state index in [1.54, 1.807) is 4.90 Å². The molecule has 1 saturated heterocycles. The van der Waals surface area contributed by atoms with Gasteiger partial charge in [-0.1, -0.05) is 0 Å². The van der Waals surface area contributed by atoms with E-state index in [0.717, 1.165) is 0 Å². The van der Waals surface area contributed by atoms with E-state index in [-0.39, 0.29) is 19.4 Å². The van der Waals surface area contributed by atoms with Crippen molar-refractivity contribution in [3.05, 3.63) is 0 Å². The molecule has 0 aromatic carbocycles. The van der Waals surface area contributed by atoms with Crippen LogP contribution in [-0.2, 0) is 14.4 Å². The minimum atomic E-state index is -1.13. The van der Waals surface area contributed by atoms with Gasteiger partial charge in [-0.2, -0.15) is 0 Å². The van der Waals surface area contributed by atoms with Crippen molar-refractivity contribution in [1.29, 1.82) is 0 Å². The van der Waals surface area contributed by atoms with Crippen LogP contribution in [0.3, 0.4) is 0 Å². The van der Waals surface area contributed by atoms with Crippen LogP contribution in [0.1, 0.15) is 19.3 Å². The smallest absolute Gasteiger partial charge is 0.320 e. The molecule has 1 fully saturated rings. The molecule has 1 rings (SSSR count). The number of nitrogens with two attached hydrogens (primary N) is 1. The zero-order chi connectivity index (χ0) is 16.0. The number of nitrogens with one attached hydrogen (secondary N) is 1. The first-order valence-corrected chi connectivity index (χ1v) is 6.74. The van der Waals surface area contributed by atoms with Crippen LogP contribution in [0.15, 0.2) is 0 Å². The summed E-state index contributed by atoms with van der Waals surface area (Å²) < 4.78 is 0. The fourth-order valence-corrected chi connectivity index (χ4v) is 2.13. The highest BCUT2D eigenvalue weighted by Gasteiger charge is 2.34. The highest BCUT2D eigenvalue weighted by atomic mass is 16.4. The molecule has 9 nitrogen and oxygen atoms in total. The topological polar surface area (TPSA) is 153 Å². The zero-order valence-electron chi connectivity index (χ0n) is 11.6. The molecule has 0 bridgehead atoms. The lowest BCUT2D eigenvalue weighted by Gasteiger charge is -2.38. The first-order chi connectivity index (χ1) is 9.82. The molecule has 0 aromatic heterocycles. The van der Waals surface area contributed by atoms with Crippen LogP contribution in [0.25, 0.3) is 0 Å². The van der Waals surface area contributed by atoms with Gasteiger partial charge >= 0.3 is 17.9 Å². The van der Waals surface area contributed by atoms with Gasteiger partial charge in [0.2, 0.25) is 0 Å². The Morgan fingerprint density at radius 2 is 1.86 bits per heavy atom. The molecule has 0 spiro atoms. The standard InChI is InChI=1S/C12H21N3O6/c13-7(10(16)17)1-4-14-8(11(18)19)2-5-15-6-3-9(15)12(20)21/h7-9,14H,1-6,13H2,(H,16,17)(H,18,19)(H,20,21)/t7-,8?,9-/m0/s1. The van der Waals surface area contributed by atoms with Gasteiger partial charge in [-0.3, -0.25) is 19.3 Å². The molecule has 0 amide bonds. The van der Waals surface area contributed by atoms with Crippen LogP contribution in [0.5, 0.6) is 0 Å². The van der Waals surface area contributed by atoms with Gasteiger partial charge in [0.1, 0.15) is 18.1 Å². The molecule has 120 valence electrons. The van der Waals surface area contributed by atoms with Crippen molar-refractivity contribution in [1.82, 2.24) is 10.2 Å². The molecule has 3 atom stereocenters. The fraction of sp³-hybridized carbons (Fsp3) is 0.750. The van der Waals surface area contributed by atoms with E-state index >= 15 is 0 Å². The number of carboxylic acid groups (broad SMARTS) is 3. The Labute approximate surface area is 121 Å². The van der Waals surface area contributed by atoms with Crippen molar-refractivity contribution in [3.8, 4) is 0 Å². The average Bonchev–Trinajstić information content (AvgIpc) is 2.34. The molecule has 0 radical (unpaired) electrons. The first kappa shape index (κ1) is 17.3. The van der Waals surface area contributed by atoms with Gasteiger partial charge in [-0.05, 0) is 25.8 Å². The van der Waals surface area contributed by atoms with Crippen LogP contribution >= 0.6 is 0 Å². The third-order valence-corrected chi connectivity index (χ3v) is 3.58. The second-order valence-electron chi connectivity index (χ2n) is 5.05. The first-order valence-electron chi connectivity index (χ1n) is 6.74. The molecule has 1 aliphatic heterocycles. The third-order valence-electron chi connectivity index (χ3n) is 3.58. The summed E-state index contributed by atoms with van der Waals surface area (Å²) in [5.74, 6) is -3.08. The lowest BCUT2D eigenvalue weighted by Crippen LogP contribution is -2.54. The predicted octanol–water partition coefficient (Wildman–Crippen LogP) is -1.62. The number of aliphatic carboxylic acids is 3. The predicted molar refractivity (Wildman–Crippen MR) is 71.9 cm³/mol. The lowest BCUT2D eigenvalue weighted by atomic mass is 10.0. The largest absolute Gasteiger partial charge is 0.480 e. The maximum atomic E-state index is 11.1. The fourth-order valence-electron chi connectivity index (χ4n) is 2.13. The zero-order valence-corrected chi connectivity index (χ0v) is 11.6. The molecular weight excluding hydrogens is 282 g/mol. The third kappa shape index (κ3) is 5.29. The minimum absolute atomic E-state index is 0.126. The number of carboxylic acids is 3. The van der Waals surface area contributed by atoms with Crippen molar-refractivity contribution in [3.63, 3.8) is 0 Å². The summed E-state index contributed by atoms with van der Waals surface area (Å²) in [4.78, 5) is 34.2. The van der Waals surface area contributed by atoms with E-state index < -0.39 is 36.0 Å². The van der Waals surface area contributed by atoms with Crippen molar-refractivity contribution in [2.75, 3.05) is 19.6 Å². The molecule has 0 saturated carbocycles. The highest BCUT2D eigenvalue weighted by molar-refractivity contribution is 5.75. The Kier molecular flexibility index (Phi) is 6.53. The molecule has 0 aliphatic carbocycles. The second-order valence-corrected chi connectivity index (χ2v) is 5.05. The SMILES string of the molecule is N[C@@H](CCNC(CCN1CC[C@H]1C(=O)O)C(=O)O)C(=O)O. The van der Waals surface area contributed by atoms with Crippen LogP contribution in [0.2, 0.25) is 0 Å². The van der Waals surface area contributed by atoms with Crippen LogP contribution < -0.4 is 11.1 Å². The van der Waals surface area contributed by atoms with E-state index in [1.165, 1.54) is 0 Å². The molecule has 9 heteroatoms. The van der Waals surface area contributed by atoms with Crippen molar-refractivity contribution in [2.45, 2.75) is 37.4 Å². The van der Waals surface area contributed by atoms with Gasteiger partial charge in [0.05, 0.1) is 0 Å². The number of carbonyl (C=O) groups is 3. The Balaban J connectivity index is 2.32. The Bertz CT molecular complexity index is 402. The maximum absolute atomic E-state index is 11.1. The minimum Gasteiger partial charge on any atom is -0.480 e. The number of rotatable bonds is 10. The quantitative estimate of drug-likeness (QED) is 0.320. The van der Waals surface area contributed by atoms with Crippen molar-refractivity contribution >= 4 is 17.9 Å². The summed E-state index contributed by atoms with van der Waals surface area (Å²) in [6, 6.07) is -2.40. The van der Waals surface area contributed by atoms with E-state index in [2.05, 4.69) is 5.32 Å². The van der Waals surface area contributed by atoms with Crippen LogP contribution in [0.4, 0.5) is 0 Å². The maximum Gasteiger partial charge on any atom is 0.320 e. The van der Waals surface area contributed by atoms with Crippen LogP contribution in [-0.4, -0.2) is 75.9 Å². The Morgan fingerprint density at radius 1 is 1.19 bits per heavy atom. The summed E-state index contributed by atoms with van der Waals surface area (Å²) in [5.41, 5.74) is 5.32. The summed E-state index contributed by atoms with van der Waals surface area (Å²) in [5, 5.41) is 29.3. The lowest BCUT2D eigenvalue weighted by molar-refractivity contribution is -0.148. The van der Waals surface area contributed by atoms with E-state index in [1.807, 2.05) is 0 Å². The normalized spacial score (nSPS) is 21.3.